The van der Waals surface area contributed by atoms with E-state index in [-0.39, 0.29) is 0 Å². The van der Waals surface area contributed by atoms with Gasteiger partial charge in [0.05, 0.1) is 5.69 Å². The van der Waals surface area contributed by atoms with Crippen molar-refractivity contribution in [1.29, 1.82) is 0 Å². The van der Waals surface area contributed by atoms with Gasteiger partial charge < -0.3 is 9.32 Å². The van der Waals surface area contributed by atoms with Gasteiger partial charge in [0.25, 0.3) is 0 Å². The number of rotatable bonds is 6. The van der Waals surface area contributed by atoms with Crippen LogP contribution < -0.4 is 4.90 Å². The van der Waals surface area contributed by atoms with Gasteiger partial charge in [0.1, 0.15) is 11.2 Å². The Morgan fingerprint density at radius 2 is 0.875 bits per heavy atom. The van der Waals surface area contributed by atoms with Crippen molar-refractivity contribution >= 4 is 49.8 Å². The molecule has 7 aromatic carbocycles. The van der Waals surface area contributed by atoms with Crippen molar-refractivity contribution in [2.24, 2.45) is 0 Å². The Labute approximate surface area is 277 Å². The lowest BCUT2D eigenvalue weighted by molar-refractivity contribution is 0.672. The minimum atomic E-state index is 0.603. The van der Waals surface area contributed by atoms with Crippen molar-refractivity contribution in [3.05, 3.63) is 170 Å². The predicted molar refractivity (Wildman–Crippen MR) is 196 cm³/mol. The normalized spacial score (nSPS) is 11.3. The molecule has 0 N–H and O–H groups in total. The van der Waals surface area contributed by atoms with Crippen LogP contribution in [0.3, 0.4) is 0 Å². The first-order chi connectivity index (χ1) is 23.8. The quantitative estimate of drug-likeness (QED) is 0.186. The molecule has 0 aliphatic carbocycles. The number of furan rings is 1. The zero-order valence-corrected chi connectivity index (χ0v) is 25.9. The summed E-state index contributed by atoms with van der Waals surface area (Å²) in [5.74, 6) is 1.86. The second-order valence-corrected chi connectivity index (χ2v) is 11.7. The summed E-state index contributed by atoms with van der Waals surface area (Å²) in [6, 6.07) is 58.0. The summed E-state index contributed by atoms with van der Waals surface area (Å²) in [6.45, 7) is 0. The Balaban J connectivity index is 1.34. The van der Waals surface area contributed by atoms with Gasteiger partial charge in [0.15, 0.2) is 17.5 Å². The minimum absolute atomic E-state index is 0.603. The Morgan fingerprint density at radius 3 is 1.46 bits per heavy atom. The number of benzene rings is 7. The second kappa shape index (κ2) is 11.6. The summed E-state index contributed by atoms with van der Waals surface area (Å²) in [5.41, 5.74) is 7.61. The van der Waals surface area contributed by atoms with Crippen molar-refractivity contribution in [3.63, 3.8) is 0 Å². The van der Waals surface area contributed by atoms with Gasteiger partial charge >= 0.3 is 0 Å². The molecule has 0 atom stereocenters. The molecule has 0 bridgehead atoms. The number of hydrogen-bond donors (Lipinski definition) is 0. The molecule has 9 aromatic rings. The zero-order chi connectivity index (χ0) is 31.9. The highest BCUT2D eigenvalue weighted by Gasteiger charge is 2.21. The third kappa shape index (κ3) is 4.86. The van der Waals surface area contributed by atoms with E-state index in [4.69, 9.17) is 19.4 Å². The van der Waals surface area contributed by atoms with Gasteiger partial charge in [-0.15, -0.1) is 0 Å². The molecule has 0 aliphatic heterocycles. The number of aromatic nitrogens is 3. The van der Waals surface area contributed by atoms with Crippen molar-refractivity contribution in [3.8, 4) is 34.2 Å². The number of para-hydroxylation sites is 3. The minimum Gasteiger partial charge on any atom is -0.455 e. The monoisotopic (exact) mass is 616 g/mol. The topological polar surface area (TPSA) is 55.1 Å². The molecule has 5 heteroatoms. The fraction of sp³-hybridized carbons (Fsp3) is 0. The molecule has 2 heterocycles. The van der Waals surface area contributed by atoms with Crippen LogP contribution in [0.1, 0.15) is 0 Å². The summed E-state index contributed by atoms with van der Waals surface area (Å²) < 4.78 is 6.55. The lowest BCUT2D eigenvalue weighted by Crippen LogP contribution is -2.10. The molecule has 0 amide bonds. The van der Waals surface area contributed by atoms with Crippen LogP contribution in [-0.2, 0) is 0 Å². The van der Waals surface area contributed by atoms with Gasteiger partial charge in [0, 0.05) is 49.6 Å². The first kappa shape index (κ1) is 27.7. The predicted octanol–water partition coefficient (Wildman–Crippen LogP) is 11.4. The maximum Gasteiger partial charge on any atom is 0.164 e. The average Bonchev–Trinajstić information content (AvgIpc) is 3.55. The van der Waals surface area contributed by atoms with Crippen molar-refractivity contribution in [2.45, 2.75) is 0 Å². The third-order valence-corrected chi connectivity index (χ3v) is 8.68. The fourth-order valence-electron chi connectivity index (χ4n) is 6.42. The molecule has 0 fully saturated rings. The lowest BCUT2D eigenvalue weighted by Gasteiger charge is -2.27. The summed E-state index contributed by atoms with van der Waals surface area (Å²) in [4.78, 5) is 17.3. The van der Waals surface area contributed by atoms with Crippen LogP contribution in [0.4, 0.5) is 17.1 Å². The second-order valence-electron chi connectivity index (χ2n) is 11.7. The Hall–Kier alpha value is -6.59. The molecule has 0 saturated heterocycles. The molecule has 48 heavy (non-hydrogen) atoms. The largest absolute Gasteiger partial charge is 0.455 e. The van der Waals surface area contributed by atoms with Gasteiger partial charge in [-0.1, -0.05) is 121 Å². The molecule has 9 rings (SSSR count). The summed E-state index contributed by atoms with van der Waals surface area (Å²) in [5, 5.41) is 4.18. The van der Waals surface area contributed by atoms with E-state index in [1.54, 1.807) is 0 Å². The first-order valence-electron chi connectivity index (χ1n) is 16.0. The molecule has 226 valence electrons. The van der Waals surface area contributed by atoms with Gasteiger partial charge in [-0.05, 0) is 48.5 Å². The van der Waals surface area contributed by atoms with Gasteiger partial charge in [-0.2, -0.15) is 0 Å². The van der Waals surface area contributed by atoms with Crippen LogP contribution in [0.25, 0.3) is 66.9 Å². The standard InChI is InChI=1S/C43H28N4O/c1-5-15-29(16-6-1)41-44-42(30-17-7-2-8-18-30)46-43(45-41)31-25-26-35-36(27-31)38(28-37-34-23-13-14-24-39(34)48-40(35)37)47(32-19-9-3-10-20-32)33-21-11-4-12-22-33/h1-28H. The van der Waals surface area contributed by atoms with E-state index in [1.807, 2.05) is 84.9 Å². The van der Waals surface area contributed by atoms with Gasteiger partial charge in [0.2, 0.25) is 0 Å². The van der Waals surface area contributed by atoms with Crippen LogP contribution in [0.2, 0.25) is 0 Å². The SMILES string of the molecule is c1ccc(-c2nc(-c3ccccc3)nc(-c3ccc4c(c3)c(N(c3ccccc3)c3ccccc3)cc3c5ccccc5oc43)n2)cc1. The molecule has 2 aromatic heterocycles. The number of fused-ring (bicyclic) bond motifs is 5. The van der Waals surface area contributed by atoms with E-state index in [9.17, 15) is 0 Å². The maximum absolute atomic E-state index is 6.55. The van der Waals surface area contributed by atoms with Crippen molar-refractivity contribution < 1.29 is 4.42 Å². The van der Waals surface area contributed by atoms with E-state index >= 15 is 0 Å². The molecule has 0 aliphatic rings. The number of hydrogen-bond acceptors (Lipinski definition) is 5. The Morgan fingerprint density at radius 1 is 0.375 bits per heavy atom. The molecular weight excluding hydrogens is 589 g/mol. The van der Waals surface area contributed by atoms with Crippen molar-refractivity contribution in [2.75, 3.05) is 4.90 Å². The molecule has 0 saturated carbocycles. The van der Waals surface area contributed by atoms with Crippen molar-refractivity contribution in [1.82, 2.24) is 15.0 Å². The smallest absolute Gasteiger partial charge is 0.164 e. The van der Waals surface area contributed by atoms with Crippen LogP contribution in [0, 0.1) is 0 Å². The number of anilines is 3. The molecule has 0 unspecified atom stereocenters. The highest BCUT2D eigenvalue weighted by molar-refractivity contribution is 6.20. The average molecular weight is 617 g/mol. The lowest BCUT2D eigenvalue weighted by atomic mass is 9.99. The fourth-order valence-corrected chi connectivity index (χ4v) is 6.42. The molecule has 5 nitrogen and oxygen atoms in total. The number of nitrogens with zero attached hydrogens (tertiary/aromatic N) is 4. The first-order valence-corrected chi connectivity index (χ1v) is 16.0. The molecule has 0 radical (unpaired) electrons. The Kier molecular flexibility index (Phi) is 6.72. The highest BCUT2D eigenvalue weighted by atomic mass is 16.3. The van der Waals surface area contributed by atoms with Crippen LogP contribution >= 0.6 is 0 Å². The van der Waals surface area contributed by atoms with Crippen LogP contribution in [-0.4, -0.2) is 15.0 Å². The van der Waals surface area contributed by atoms with E-state index in [0.717, 1.165) is 66.5 Å². The van der Waals surface area contributed by atoms with Gasteiger partial charge in [-0.25, -0.2) is 15.0 Å². The van der Waals surface area contributed by atoms with E-state index < -0.39 is 0 Å². The Bertz CT molecular complexity index is 2450. The molecule has 0 spiro atoms. The van der Waals surface area contributed by atoms with E-state index in [1.165, 1.54) is 0 Å². The van der Waals surface area contributed by atoms with Crippen LogP contribution in [0.15, 0.2) is 174 Å². The van der Waals surface area contributed by atoms with Crippen LogP contribution in [0.5, 0.6) is 0 Å². The maximum atomic E-state index is 6.55. The highest BCUT2D eigenvalue weighted by Crippen LogP contribution is 2.45. The summed E-state index contributed by atoms with van der Waals surface area (Å²) in [7, 11) is 0. The zero-order valence-electron chi connectivity index (χ0n) is 25.9. The molecular formula is C43H28N4O. The summed E-state index contributed by atoms with van der Waals surface area (Å²) >= 11 is 0. The summed E-state index contributed by atoms with van der Waals surface area (Å²) in [6.07, 6.45) is 0. The van der Waals surface area contributed by atoms with E-state index in [2.05, 4.69) is 89.8 Å². The van der Waals surface area contributed by atoms with E-state index in [0.29, 0.717) is 17.5 Å². The van der Waals surface area contributed by atoms with Gasteiger partial charge in [-0.3, -0.25) is 0 Å². The third-order valence-electron chi connectivity index (χ3n) is 8.68.